The first-order valence-corrected chi connectivity index (χ1v) is 26.6. The Morgan fingerprint density at radius 2 is 0.594 bits per heavy atom. The van der Waals surface area contributed by atoms with Crippen LogP contribution < -0.4 is 0 Å². The molecule has 0 aromatic carbocycles. The van der Waals surface area contributed by atoms with Crippen LogP contribution in [0.4, 0.5) is 0 Å². The molecular formula is C63H94O6. The molecule has 0 fully saturated rings. The summed E-state index contributed by atoms with van der Waals surface area (Å²) in [7, 11) is 0. The molecule has 0 aliphatic rings. The summed E-state index contributed by atoms with van der Waals surface area (Å²) in [5, 5.41) is 0. The molecule has 1 unspecified atom stereocenters. The maximum atomic E-state index is 12.8. The molecule has 0 bridgehead atoms. The number of esters is 3. The van der Waals surface area contributed by atoms with Crippen molar-refractivity contribution in [2.75, 3.05) is 13.2 Å². The molecule has 0 aromatic heterocycles. The van der Waals surface area contributed by atoms with Gasteiger partial charge in [-0.2, -0.15) is 0 Å². The van der Waals surface area contributed by atoms with E-state index >= 15 is 0 Å². The maximum absolute atomic E-state index is 12.8. The van der Waals surface area contributed by atoms with Crippen LogP contribution in [-0.2, 0) is 28.6 Å². The molecule has 0 saturated carbocycles. The second-order valence-corrected chi connectivity index (χ2v) is 16.7. The Morgan fingerprint density at radius 1 is 0.304 bits per heavy atom. The van der Waals surface area contributed by atoms with Gasteiger partial charge in [-0.1, -0.05) is 217 Å². The lowest BCUT2D eigenvalue weighted by Crippen LogP contribution is -2.30. The minimum absolute atomic E-state index is 0.148. The van der Waals surface area contributed by atoms with Gasteiger partial charge in [-0.25, -0.2) is 0 Å². The largest absolute Gasteiger partial charge is 0.462 e. The Balaban J connectivity index is 4.68. The highest BCUT2D eigenvalue weighted by Gasteiger charge is 2.19. The molecule has 0 amide bonds. The number of rotatable bonds is 45. The number of carbonyl (C=O) groups is 3. The molecular weight excluding hydrogens is 853 g/mol. The van der Waals surface area contributed by atoms with Crippen molar-refractivity contribution in [3.8, 4) is 0 Å². The molecule has 69 heavy (non-hydrogen) atoms. The van der Waals surface area contributed by atoms with Crippen molar-refractivity contribution < 1.29 is 28.6 Å². The standard InChI is InChI=1S/C63H94O6/c1-4-7-10-13-16-19-22-25-27-29-31-33-35-38-41-44-47-50-53-56-62(65)68-59-60(58-67-61(64)55-52-49-46-43-40-37-24-21-18-15-12-9-6-3)69-63(66)57-54-51-48-45-42-39-36-34-32-30-28-26-23-20-17-14-11-8-5-2/h7-8,10-12,15-17,19-21,24-28,31-34,38-39,41-42,47-48,50-51,60H,4-6,9,13-14,18,22-23,29-30,35-37,40,43-46,49,52-59H2,1-3H3/b10-7-,11-8-,15-12-,19-16-,20-17-,24-21-,27-25-,28-26-,33-31-,34-32-,41-38-,42-39-,50-47-,51-48-. The average molecular weight is 947 g/mol. The molecule has 0 aliphatic carbocycles. The summed E-state index contributed by atoms with van der Waals surface area (Å²) in [5.41, 5.74) is 0. The van der Waals surface area contributed by atoms with Crippen molar-refractivity contribution in [2.45, 2.75) is 194 Å². The lowest BCUT2D eigenvalue weighted by molar-refractivity contribution is -0.166. The van der Waals surface area contributed by atoms with E-state index in [1.54, 1.807) is 0 Å². The summed E-state index contributed by atoms with van der Waals surface area (Å²) in [4.78, 5) is 38.0. The van der Waals surface area contributed by atoms with Gasteiger partial charge in [0.25, 0.3) is 0 Å². The minimum atomic E-state index is -0.864. The summed E-state index contributed by atoms with van der Waals surface area (Å²) in [5.74, 6) is -1.15. The van der Waals surface area contributed by atoms with Gasteiger partial charge in [-0.3, -0.25) is 14.4 Å². The van der Waals surface area contributed by atoms with Crippen LogP contribution >= 0.6 is 0 Å². The zero-order valence-corrected chi connectivity index (χ0v) is 43.5. The maximum Gasteiger partial charge on any atom is 0.306 e. The van der Waals surface area contributed by atoms with Crippen LogP contribution in [-0.4, -0.2) is 37.2 Å². The summed E-state index contributed by atoms with van der Waals surface area (Å²) in [6, 6.07) is 0. The third kappa shape index (κ3) is 53.6. The van der Waals surface area contributed by atoms with E-state index in [0.717, 1.165) is 128 Å². The number of carbonyl (C=O) groups excluding carboxylic acids is 3. The molecule has 6 nitrogen and oxygen atoms in total. The monoisotopic (exact) mass is 947 g/mol. The Kier molecular flexibility index (Phi) is 51.2. The summed E-state index contributed by atoms with van der Waals surface area (Å²) >= 11 is 0. The summed E-state index contributed by atoms with van der Waals surface area (Å²) in [6.07, 6.45) is 82.2. The number of allylic oxidation sites excluding steroid dienone is 28. The van der Waals surface area contributed by atoms with Crippen molar-refractivity contribution in [1.29, 1.82) is 0 Å². The van der Waals surface area contributed by atoms with Crippen molar-refractivity contribution in [3.05, 3.63) is 170 Å². The Bertz CT molecular complexity index is 1650. The van der Waals surface area contributed by atoms with Crippen molar-refractivity contribution in [3.63, 3.8) is 0 Å². The van der Waals surface area contributed by atoms with E-state index in [4.69, 9.17) is 14.2 Å². The molecule has 6 heteroatoms. The zero-order chi connectivity index (χ0) is 50.0. The normalized spacial score (nSPS) is 13.5. The van der Waals surface area contributed by atoms with Gasteiger partial charge in [0.2, 0.25) is 0 Å². The SMILES string of the molecule is CC/C=C\C/C=C\C/C=C\C/C=C\C/C=C\C/C=C\CCC(=O)OCC(COC(=O)CCCCCCC/C=C\C/C=C\CCC)OC(=O)CC/C=C\C/C=C\C/C=C\C/C=C\C/C=C\C/C=C\CC. The van der Waals surface area contributed by atoms with Crippen molar-refractivity contribution in [1.82, 2.24) is 0 Å². The molecule has 0 rings (SSSR count). The quantitative estimate of drug-likeness (QED) is 0.0262. The third-order valence-electron chi connectivity index (χ3n) is 10.2. The molecule has 0 N–H and O–H groups in total. The molecule has 0 spiro atoms. The first-order valence-electron chi connectivity index (χ1n) is 26.6. The zero-order valence-electron chi connectivity index (χ0n) is 43.5. The molecule has 382 valence electrons. The fraction of sp³-hybridized carbons (Fsp3) is 0.508. The Labute approximate surface area is 422 Å². The predicted molar refractivity (Wildman–Crippen MR) is 297 cm³/mol. The highest BCUT2D eigenvalue weighted by Crippen LogP contribution is 2.10. The summed E-state index contributed by atoms with van der Waals surface area (Å²) < 4.78 is 16.6. The smallest absolute Gasteiger partial charge is 0.306 e. The van der Waals surface area contributed by atoms with Crippen LogP contribution in [0.25, 0.3) is 0 Å². The van der Waals surface area contributed by atoms with Gasteiger partial charge in [-0.15, -0.1) is 0 Å². The van der Waals surface area contributed by atoms with Gasteiger partial charge in [0.1, 0.15) is 13.2 Å². The van der Waals surface area contributed by atoms with Gasteiger partial charge in [0.15, 0.2) is 6.10 Å². The lowest BCUT2D eigenvalue weighted by Gasteiger charge is -2.18. The van der Waals surface area contributed by atoms with Crippen LogP contribution in [0, 0.1) is 0 Å². The highest BCUT2D eigenvalue weighted by atomic mass is 16.6. The van der Waals surface area contributed by atoms with Gasteiger partial charge in [0.05, 0.1) is 0 Å². The number of hydrogen-bond acceptors (Lipinski definition) is 6. The number of hydrogen-bond donors (Lipinski definition) is 0. The molecule has 0 heterocycles. The fourth-order valence-electron chi connectivity index (χ4n) is 6.29. The first kappa shape index (κ1) is 63.8. The van der Waals surface area contributed by atoms with Crippen LogP contribution in [0.1, 0.15) is 188 Å². The van der Waals surface area contributed by atoms with Gasteiger partial charge in [0, 0.05) is 19.3 Å². The van der Waals surface area contributed by atoms with E-state index in [-0.39, 0.29) is 38.0 Å². The summed E-state index contributed by atoms with van der Waals surface area (Å²) in [6.45, 7) is 6.17. The molecule has 1 atom stereocenters. The van der Waals surface area contributed by atoms with Crippen molar-refractivity contribution >= 4 is 17.9 Å². The van der Waals surface area contributed by atoms with E-state index in [1.165, 1.54) is 6.42 Å². The van der Waals surface area contributed by atoms with E-state index < -0.39 is 12.1 Å². The Hall–Kier alpha value is -5.23. The fourth-order valence-corrected chi connectivity index (χ4v) is 6.29. The highest BCUT2D eigenvalue weighted by molar-refractivity contribution is 5.71. The molecule has 0 saturated heterocycles. The second kappa shape index (κ2) is 55.4. The minimum Gasteiger partial charge on any atom is -0.462 e. The van der Waals surface area contributed by atoms with E-state index in [1.807, 2.05) is 24.3 Å². The van der Waals surface area contributed by atoms with Crippen LogP contribution in [0.5, 0.6) is 0 Å². The second-order valence-electron chi connectivity index (χ2n) is 16.7. The Morgan fingerprint density at radius 3 is 0.971 bits per heavy atom. The van der Waals surface area contributed by atoms with E-state index in [2.05, 4.69) is 167 Å². The molecule has 0 aromatic rings. The predicted octanol–water partition coefficient (Wildman–Crippen LogP) is 18.0. The van der Waals surface area contributed by atoms with Gasteiger partial charge in [-0.05, 0) is 122 Å². The van der Waals surface area contributed by atoms with Crippen LogP contribution in [0.3, 0.4) is 0 Å². The first-order chi connectivity index (χ1) is 34.0. The van der Waals surface area contributed by atoms with Crippen LogP contribution in [0.2, 0.25) is 0 Å². The number of ether oxygens (including phenoxy) is 3. The van der Waals surface area contributed by atoms with Crippen molar-refractivity contribution in [2.24, 2.45) is 0 Å². The topological polar surface area (TPSA) is 78.9 Å². The number of unbranched alkanes of at least 4 members (excludes halogenated alkanes) is 6. The van der Waals surface area contributed by atoms with Gasteiger partial charge < -0.3 is 14.2 Å². The lowest BCUT2D eigenvalue weighted by atomic mass is 10.1. The molecule has 0 aliphatic heterocycles. The average Bonchev–Trinajstić information content (AvgIpc) is 3.35. The third-order valence-corrected chi connectivity index (χ3v) is 10.2. The van der Waals surface area contributed by atoms with E-state index in [9.17, 15) is 14.4 Å². The van der Waals surface area contributed by atoms with E-state index in [0.29, 0.717) is 19.3 Å². The van der Waals surface area contributed by atoms with Crippen LogP contribution in [0.15, 0.2) is 170 Å². The molecule has 0 radical (unpaired) electrons. The van der Waals surface area contributed by atoms with Gasteiger partial charge >= 0.3 is 17.9 Å².